The first-order valence-electron chi connectivity index (χ1n) is 8.49. The highest BCUT2D eigenvalue weighted by atomic mass is 79.9. The van der Waals surface area contributed by atoms with Crippen LogP contribution in [0.5, 0.6) is 5.75 Å². The van der Waals surface area contributed by atoms with Crippen molar-refractivity contribution in [2.75, 3.05) is 11.9 Å². The van der Waals surface area contributed by atoms with Crippen LogP contribution in [0.15, 0.2) is 64.4 Å². The number of aromatic nitrogens is 2. The number of hydrogen-bond acceptors (Lipinski definition) is 5. The molecule has 28 heavy (non-hydrogen) atoms. The lowest BCUT2D eigenvalue weighted by atomic mass is 10.2. The van der Waals surface area contributed by atoms with Gasteiger partial charge in [0.25, 0.3) is 5.91 Å². The maximum absolute atomic E-state index is 13.7. The maximum atomic E-state index is 13.7. The van der Waals surface area contributed by atoms with Crippen LogP contribution >= 0.6 is 27.7 Å². The zero-order chi connectivity index (χ0) is 19.9. The van der Waals surface area contributed by atoms with Gasteiger partial charge in [0.1, 0.15) is 17.3 Å². The van der Waals surface area contributed by atoms with Crippen LogP contribution in [0.25, 0.3) is 0 Å². The van der Waals surface area contributed by atoms with Gasteiger partial charge in [0.2, 0.25) is 0 Å². The van der Waals surface area contributed by atoms with Crippen molar-refractivity contribution in [3.8, 4) is 5.75 Å². The Hall–Kier alpha value is -2.45. The van der Waals surface area contributed by atoms with E-state index in [1.54, 1.807) is 42.5 Å². The van der Waals surface area contributed by atoms with E-state index in [0.717, 1.165) is 5.75 Å². The van der Waals surface area contributed by atoms with E-state index in [2.05, 4.69) is 31.2 Å². The molecule has 1 N–H and O–H groups in total. The molecule has 1 amide bonds. The molecular formula is C20H17BrFN3O2S. The van der Waals surface area contributed by atoms with E-state index in [-0.39, 0.29) is 17.4 Å². The molecule has 0 radical (unpaired) electrons. The number of rotatable bonds is 7. The highest BCUT2D eigenvalue weighted by Gasteiger charge is 2.15. The topological polar surface area (TPSA) is 64.1 Å². The third-order valence-corrected chi connectivity index (χ3v) is 5.17. The van der Waals surface area contributed by atoms with Crippen molar-refractivity contribution in [1.29, 1.82) is 0 Å². The molecule has 0 atom stereocenters. The van der Waals surface area contributed by atoms with Crippen molar-refractivity contribution in [3.63, 3.8) is 0 Å². The molecule has 1 heterocycles. The van der Waals surface area contributed by atoms with Gasteiger partial charge in [-0.25, -0.2) is 14.4 Å². The average molecular weight is 462 g/mol. The zero-order valence-corrected chi connectivity index (χ0v) is 17.4. The number of ether oxygens (including phenoxy) is 1. The average Bonchev–Trinajstić information content (AvgIpc) is 2.70. The van der Waals surface area contributed by atoms with Gasteiger partial charge in [-0.1, -0.05) is 30.0 Å². The summed E-state index contributed by atoms with van der Waals surface area (Å²) in [4.78, 5) is 21.1. The first kappa shape index (κ1) is 20.3. The van der Waals surface area contributed by atoms with Crippen molar-refractivity contribution in [2.45, 2.75) is 17.8 Å². The van der Waals surface area contributed by atoms with Gasteiger partial charge >= 0.3 is 0 Å². The summed E-state index contributed by atoms with van der Waals surface area (Å²) in [6.07, 6.45) is 1.52. The van der Waals surface area contributed by atoms with E-state index < -0.39 is 0 Å². The number of halogens is 2. The van der Waals surface area contributed by atoms with Crippen molar-refractivity contribution >= 4 is 39.3 Å². The molecule has 3 aromatic rings. The lowest BCUT2D eigenvalue weighted by Crippen LogP contribution is -2.15. The Balaban J connectivity index is 1.69. The highest BCUT2D eigenvalue weighted by Crippen LogP contribution is 2.24. The second-order valence-corrected chi connectivity index (χ2v) is 7.44. The Morgan fingerprint density at radius 1 is 1.21 bits per heavy atom. The summed E-state index contributed by atoms with van der Waals surface area (Å²) < 4.78 is 19.6. The van der Waals surface area contributed by atoms with Crippen LogP contribution in [0.4, 0.5) is 10.1 Å². The number of carbonyl (C=O) groups excluding carboxylic acids is 1. The standard InChI is InChI=1S/C20H17BrFN3O2S/c1-2-27-15-9-7-14(8-10-15)24-19(26)18-16(21)11-23-20(25-18)28-12-13-5-3-4-6-17(13)22/h3-11H,2,12H2,1H3,(H,24,26). The molecule has 5 nitrogen and oxygen atoms in total. The number of nitrogens with one attached hydrogen (secondary N) is 1. The molecule has 3 rings (SSSR count). The van der Waals surface area contributed by atoms with Gasteiger partial charge in [-0.15, -0.1) is 0 Å². The molecular weight excluding hydrogens is 445 g/mol. The fourth-order valence-corrected chi connectivity index (χ4v) is 3.50. The van der Waals surface area contributed by atoms with E-state index in [9.17, 15) is 9.18 Å². The molecule has 0 fully saturated rings. The van der Waals surface area contributed by atoms with E-state index >= 15 is 0 Å². The number of thioether (sulfide) groups is 1. The molecule has 2 aromatic carbocycles. The maximum Gasteiger partial charge on any atom is 0.275 e. The van der Waals surface area contributed by atoms with Crippen LogP contribution in [0.3, 0.4) is 0 Å². The van der Waals surface area contributed by atoms with Crippen LogP contribution in [0.1, 0.15) is 23.0 Å². The number of nitrogens with zero attached hydrogens (tertiary/aromatic N) is 2. The second kappa shape index (κ2) is 9.66. The van der Waals surface area contributed by atoms with Gasteiger partial charge in [-0.05, 0) is 58.7 Å². The third kappa shape index (κ3) is 5.30. The SMILES string of the molecule is CCOc1ccc(NC(=O)c2nc(SCc3ccccc3F)ncc2Br)cc1. The lowest BCUT2D eigenvalue weighted by molar-refractivity contribution is 0.102. The van der Waals surface area contributed by atoms with Gasteiger partial charge in [0, 0.05) is 17.6 Å². The number of anilines is 1. The van der Waals surface area contributed by atoms with Crippen LogP contribution in [0.2, 0.25) is 0 Å². The number of benzene rings is 2. The first-order chi connectivity index (χ1) is 13.6. The summed E-state index contributed by atoms with van der Waals surface area (Å²) in [7, 11) is 0. The minimum Gasteiger partial charge on any atom is -0.494 e. The summed E-state index contributed by atoms with van der Waals surface area (Å²) in [5.74, 6) is 0.455. The van der Waals surface area contributed by atoms with E-state index in [4.69, 9.17) is 4.74 Å². The first-order valence-corrected chi connectivity index (χ1v) is 10.3. The van der Waals surface area contributed by atoms with Crippen LogP contribution in [-0.2, 0) is 5.75 Å². The molecule has 0 aliphatic heterocycles. The molecule has 0 aliphatic carbocycles. The molecule has 144 valence electrons. The largest absolute Gasteiger partial charge is 0.494 e. The van der Waals surface area contributed by atoms with E-state index in [1.165, 1.54) is 24.0 Å². The Bertz CT molecular complexity index is 970. The van der Waals surface area contributed by atoms with Gasteiger partial charge < -0.3 is 10.1 Å². The number of hydrogen-bond donors (Lipinski definition) is 1. The predicted octanol–water partition coefficient (Wildman–Crippen LogP) is 5.32. The van der Waals surface area contributed by atoms with E-state index in [1.807, 2.05) is 6.92 Å². The summed E-state index contributed by atoms with van der Waals surface area (Å²) in [6.45, 7) is 2.48. The Morgan fingerprint density at radius 3 is 2.68 bits per heavy atom. The minimum absolute atomic E-state index is 0.208. The van der Waals surface area contributed by atoms with Crippen molar-refractivity contribution in [1.82, 2.24) is 9.97 Å². The van der Waals surface area contributed by atoms with Gasteiger partial charge in [0.05, 0.1) is 11.1 Å². The zero-order valence-electron chi connectivity index (χ0n) is 15.0. The Morgan fingerprint density at radius 2 is 1.96 bits per heavy atom. The van der Waals surface area contributed by atoms with Gasteiger partial charge in [0.15, 0.2) is 5.16 Å². The molecule has 0 spiro atoms. The molecule has 8 heteroatoms. The fourth-order valence-electron chi connectivity index (χ4n) is 2.33. The molecule has 0 saturated carbocycles. The summed E-state index contributed by atoms with van der Waals surface area (Å²) in [6, 6.07) is 13.6. The minimum atomic E-state index is -0.369. The fraction of sp³-hybridized carbons (Fsp3) is 0.150. The molecule has 0 aliphatic rings. The Labute approximate surface area is 174 Å². The molecule has 0 saturated heterocycles. The number of carbonyl (C=O) groups is 1. The Kier molecular flexibility index (Phi) is 7.00. The van der Waals surface area contributed by atoms with Crippen molar-refractivity contribution in [3.05, 3.63) is 76.3 Å². The smallest absolute Gasteiger partial charge is 0.275 e. The van der Waals surface area contributed by atoms with Gasteiger partial charge in [-0.2, -0.15) is 0 Å². The lowest BCUT2D eigenvalue weighted by Gasteiger charge is -2.09. The summed E-state index contributed by atoms with van der Waals surface area (Å²) in [5.41, 5.74) is 1.39. The van der Waals surface area contributed by atoms with Crippen LogP contribution in [-0.4, -0.2) is 22.5 Å². The summed E-state index contributed by atoms with van der Waals surface area (Å²) in [5, 5.41) is 3.19. The van der Waals surface area contributed by atoms with Crippen molar-refractivity contribution in [2.24, 2.45) is 0 Å². The quantitative estimate of drug-likeness (QED) is 0.380. The van der Waals surface area contributed by atoms with Crippen LogP contribution in [0, 0.1) is 5.82 Å². The summed E-state index contributed by atoms with van der Waals surface area (Å²) >= 11 is 4.57. The predicted molar refractivity (Wildman–Crippen MR) is 111 cm³/mol. The number of amides is 1. The molecule has 1 aromatic heterocycles. The normalized spacial score (nSPS) is 10.5. The molecule has 0 bridgehead atoms. The van der Waals surface area contributed by atoms with Crippen molar-refractivity contribution < 1.29 is 13.9 Å². The third-order valence-electron chi connectivity index (χ3n) is 3.67. The second-order valence-electron chi connectivity index (χ2n) is 5.64. The molecule has 0 unspecified atom stereocenters. The van der Waals surface area contributed by atoms with Crippen LogP contribution < -0.4 is 10.1 Å². The monoisotopic (exact) mass is 461 g/mol. The van der Waals surface area contributed by atoms with Gasteiger partial charge in [-0.3, -0.25) is 4.79 Å². The van der Waals surface area contributed by atoms with E-state index in [0.29, 0.717) is 33.2 Å². The highest BCUT2D eigenvalue weighted by molar-refractivity contribution is 9.10.